The van der Waals surface area contributed by atoms with Crippen molar-refractivity contribution in [2.75, 3.05) is 16.3 Å². The van der Waals surface area contributed by atoms with Crippen LogP contribution >= 0.6 is 0 Å². The number of aryl methyl sites for hydroxylation is 1. The third-order valence-corrected chi connectivity index (χ3v) is 4.89. The predicted octanol–water partition coefficient (Wildman–Crippen LogP) is 3.45. The molecule has 4 aromatic rings. The number of pyridine rings is 1. The molecule has 3 aromatic heterocycles. The molecule has 32 heavy (non-hydrogen) atoms. The summed E-state index contributed by atoms with van der Waals surface area (Å²) in [6.07, 6.45) is 1.59. The molecule has 166 valence electrons. The summed E-state index contributed by atoms with van der Waals surface area (Å²) in [4.78, 5) is 11.4. The standard InChI is InChI=1S/C19H16F3N7O2S/c1-10-8-15(28-27-10)24-17-12-4-3-5-13(29-32(2,30)31)16(12)25-18(26-17)19(21,22)14-7-6-11(20)9-23-14/h3-9,29H,1-2H3,(H2,24,25,26,27,28). The third-order valence-electron chi connectivity index (χ3n) is 4.30. The molecular formula is C19H16F3N7O2S. The van der Waals surface area contributed by atoms with Crippen LogP contribution in [0.3, 0.4) is 0 Å². The summed E-state index contributed by atoms with van der Waals surface area (Å²) >= 11 is 0. The van der Waals surface area contributed by atoms with E-state index in [0.29, 0.717) is 17.7 Å². The number of rotatable bonds is 6. The van der Waals surface area contributed by atoms with Crippen molar-refractivity contribution in [3.05, 3.63) is 65.6 Å². The first kappa shape index (κ1) is 21.5. The molecule has 0 fully saturated rings. The zero-order chi connectivity index (χ0) is 23.1. The highest BCUT2D eigenvalue weighted by atomic mass is 32.2. The van der Waals surface area contributed by atoms with Crippen LogP contribution in [-0.4, -0.2) is 39.8 Å². The molecular weight excluding hydrogens is 447 g/mol. The second-order valence-corrected chi connectivity index (χ2v) is 8.72. The summed E-state index contributed by atoms with van der Waals surface area (Å²) in [5, 5.41) is 9.84. The summed E-state index contributed by atoms with van der Waals surface area (Å²) in [5.74, 6) is -5.27. The van der Waals surface area contributed by atoms with Gasteiger partial charge < -0.3 is 5.32 Å². The van der Waals surface area contributed by atoms with E-state index in [0.717, 1.165) is 18.4 Å². The quantitative estimate of drug-likeness (QED) is 0.400. The van der Waals surface area contributed by atoms with Crippen molar-refractivity contribution in [2.24, 2.45) is 0 Å². The van der Waals surface area contributed by atoms with Crippen molar-refractivity contribution in [2.45, 2.75) is 12.8 Å². The average molecular weight is 463 g/mol. The highest BCUT2D eigenvalue weighted by Crippen LogP contribution is 2.36. The Bertz CT molecular complexity index is 1410. The first-order valence-corrected chi connectivity index (χ1v) is 11.0. The number of H-pyrrole nitrogens is 1. The molecule has 0 bridgehead atoms. The van der Waals surface area contributed by atoms with Gasteiger partial charge in [0.15, 0.2) is 5.82 Å². The van der Waals surface area contributed by atoms with Crippen molar-refractivity contribution < 1.29 is 21.6 Å². The number of alkyl halides is 2. The van der Waals surface area contributed by atoms with Crippen LogP contribution < -0.4 is 10.0 Å². The number of aromatic nitrogens is 5. The number of nitrogens with zero attached hydrogens (tertiary/aromatic N) is 4. The maximum atomic E-state index is 15.2. The van der Waals surface area contributed by atoms with Gasteiger partial charge in [-0.1, -0.05) is 6.07 Å². The number of sulfonamides is 1. The number of hydrogen-bond donors (Lipinski definition) is 3. The zero-order valence-corrected chi connectivity index (χ0v) is 17.5. The van der Waals surface area contributed by atoms with Gasteiger partial charge in [0.25, 0.3) is 0 Å². The van der Waals surface area contributed by atoms with Crippen molar-refractivity contribution >= 4 is 38.2 Å². The number of aromatic amines is 1. The lowest BCUT2D eigenvalue weighted by molar-refractivity contribution is 0.0285. The fourth-order valence-electron chi connectivity index (χ4n) is 2.95. The molecule has 0 aliphatic carbocycles. The summed E-state index contributed by atoms with van der Waals surface area (Å²) in [7, 11) is -3.73. The van der Waals surface area contributed by atoms with E-state index < -0.39 is 33.3 Å². The van der Waals surface area contributed by atoms with Gasteiger partial charge in [0.1, 0.15) is 22.8 Å². The molecule has 0 spiro atoms. The molecule has 3 heterocycles. The molecule has 9 nitrogen and oxygen atoms in total. The van der Waals surface area contributed by atoms with Gasteiger partial charge in [0.05, 0.1) is 18.1 Å². The molecule has 0 amide bonds. The number of benzene rings is 1. The topological polar surface area (TPSA) is 126 Å². The van der Waals surface area contributed by atoms with Crippen LogP contribution in [-0.2, 0) is 15.9 Å². The predicted molar refractivity (Wildman–Crippen MR) is 112 cm³/mol. The molecule has 0 unspecified atom stereocenters. The van der Waals surface area contributed by atoms with E-state index in [1.807, 2.05) is 0 Å². The summed E-state index contributed by atoms with van der Waals surface area (Å²) in [6.45, 7) is 1.75. The molecule has 1 aromatic carbocycles. The Morgan fingerprint density at radius 3 is 2.53 bits per heavy atom. The summed E-state index contributed by atoms with van der Waals surface area (Å²) in [5.41, 5.74) is -0.142. The summed E-state index contributed by atoms with van der Waals surface area (Å²) < 4.78 is 69.5. The number of fused-ring (bicyclic) bond motifs is 1. The second kappa shape index (κ2) is 7.75. The number of hydrogen-bond acceptors (Lipinski definition) is 7. The fourth-order valence-corrected chi connectivity index (χ4v) is 3.51. The van der Waals surface area contributed by atoms with Gasteiger partial charge in [-0.2, -0.15) is 13.9 Å². The Morgan fingerprint density at radius 2 is 1.91 bits per heavy atom. The maximum absolute atomic E-state index is 15.2. The Hall–Kier alpha value is -3.74. The number of anilines is 3. The van der Waals surface area contributed by atoms with Crippen molar-refractivity contribution in [1.29, 1.82) is 0 Å². The van der Waals surface area contributed by atoms with Gasteiger partial charge in [0.2, 0.25) is 15.8 Å². The van der Waals surface area contributed by atoms with E-state index in [1.165, 1.54) is 12.1 Å². The lowest BCUT2D eigenvalue weighted by Gasteiger charge is -2.18. The Labute approximate surface area is 180 Å². The summed E-state index contributed by atoms with van der Waals surface area (Å²) in [6, 6.07) is 7.76. The van der Waals surface area contributed by atoms with E-state index in [-0.39, 0.29) is 22.4 Å². The fraction of sp³-hybridized carbons (Fsp3) is 0.158. The molecule has 0 aliphatic heterocycles. The Kier molecular flexibility index (Phi) is 5.20. The lowest BCUT2D eigenvalue weighted by Crippen LogP contribution is -2.22. The third kappa shape index (κ3) is 4.32. The Morgan fingerprint density at radius 1 is 1.12 bits per heavy atom. The van der Waals surface area contributed by atoms with Crippen LogP contribution in [0.1, 0.15) is 17.2 Å². The minimum absolute atomic E-state index is 0.0160. The molecule has 0 saturated carbocycles. The normalized spacial score (nSPS) is 12.2. The number of para-hydroxylation sites is 1. The van der Waals surface area contributed by atoms with E-state index in [2.05, 4.69) is 35.2 Å². The van der Waals surface area contributed by atoms with E-state index >= 15 is 8.78 Å². The first-order chi connectivity index (χ1) is 15.0. The van der Waals surface area contributed by atoms with Crippen LogP contribution in [0, 0.1) is 12.7 Å². The first-order valence-electron chi connectivity index (χ1n) is 9.11. The smallest absolute Gasteiger partial charge is 0.323 e. The van der Waals surface area contributed by atoms with Gasteiger partial charge >= 0.3 is 5.92 Å². The SMILES string of the molecule is Cc1cc(Nc2nc(C(F)(F)c3ccc(F)cn3)nc3c(NS(C)(=O)=O)cccc23)n[nH]1. The van der Waals surface area contributed by atoms with Gasteiger partial charge in [-0.15, -0.1) is 0 Å². The van der Waals surface area contributed by atoms with Crippen LogP contribution in [0.2, 0.25) is 0 Å². The zero-order valence-electron chi connectivity index (χ0n) is 16.7. The largest absolute Gasteiger partial charge is 0.348 e. The number of nitrogens with one attached hydrogen (secondary N) is 3. The van der Waals surface area contributed by atoms with Crippen LogP contribution in [0.15, 0.2) is 42.6 Å². The molecule has 0 atom stereocenters. The molecule has 0 saturated heterocycles. The molecule has 3 N–H and O–H groups in total. The number of halogens is 3. The second-order valence-electron chi connectivity index (χ2n) is 6.97. The molecule has 4 rings (SSSR count). The van der Waals surface area contributed by atoms with Crippen LogP contribution in [0.25, 0.3) is 10.9 Å². The van der Waals surface area contributed by atoms with Crippen LogP contribution in [0.5, 0.6) is 0 Å². The van der Waals surface area contributed by atoms with E-state index in [9.17, 15) is 12.8 Å². The van der Waals surface area contributed by atoms with E-state index in [4.69, 9.17) is 0 Å². The monoisotopic (exact) mass is 463 g/mol. The maximum Gasteiger partial charge on any atom is 0.348 e. The van der Waals surface area contributed by atoms with Gasteiger partial charge in [-0.05, 0) is 31.2 Å². The molecule has 0 aliphatic rings. The highest BCUT2D eigenvalue weighted by Gasteiger charge is 2.40. The Balaban J connectivity index is 1.94. The lowest BCUT2D eigenvalue weighted by atomic mass is 10.1. The highest BCUT2D eigenvalue weighted by molar-refractivity contribution is 7.92. The molecule has 13 heteroatoms. The van der Waals surface area contributed by atoms with Gasteiger partial charge in [-0.25, -0.2) is 22.8 Å². The minimum atomic E-state index is -3.81. The van der Waals surface area contributed by atoms with Crippen molar-refractivity contribution in [1.82, 2.24) is 25.1 Å². The van der Waals surface area contributed by atoms with Gasteiger partial charge in [0, 0.05) is 17.1 Å². The molecule has 0 radical (unpaired) electrons. The van der Waals surface area contributed by atoms with Crippen molar-refractivity contribution in [3.63, 3.8) is 0 Å². The van der Waals surface area contributed by atoms with Gasteiger partial charge in [-0.3, -0.25) is 14.8 Å². The van der Waals surface area contributed by atoms with E-state index in [1.54, 1.807) is 19.1 Å². The van der Waals surface area contributed by atoms with Crippen LogP contribution in [0.4, 0.5) is 30.5 Å². The van der Waals surface area contributed by atoms with Crippen molar-refractivity contribution in [3.8, 4) is 0 Å². The minimum Gasteiger partial charge on any atom is -0.323 e. The average Bonchev–Trinajstić information content (AvgIpc) is 3.12.